The molecule has 3 fully saturated rings. The maximum absolute atomic E-state index is 13.0. The summed E-state index contributed by atoms with van der Waals surface area (Å²) in [6, 6.07) is 11.8. The number of amides is 3. The molecule has 2 aliphatic carbocycles. The number of benzene rings is 1. The lowest BCUT2D eigenvalue weighted by molar-refractivity contribution is -0.143. The highest BCUT2D eigenvalue weighted by molar-refractivity contribution is 6.09. The molecule has 1 aromatic carbocycles. The Morgan fingerprint density at radius 3 is 2.64 bits per heavy atom. The molecule has 28 heavy (non-hydrogen) atoms. The average molecular weight is 379 g/mol. The number of likely N-dealkylation sites (tertiary alicyclic amines) is 1. The molecule has 1 aromatic heterocycles. The standard InChI is InChI=1S/C21H21N3O4/c1-11-7-16(23-28-11)22-17(25)10-24-20(26)18-13-8-14(12-5-3-2-4-6-12)15(9-13)19(18)21(24)27/h2-7,13-15,18-19H,8-10H2,1H3,(H,22,23,25)/t13-,14-,15+,18+,19-/m0/s1. The van der Waals surface area contributed by atoms with Crippen LogP contribution >= 0.6 is 0 Å². The van der Waals surface area contributed by atoms with Gasteiger partial charge in [-0.2, -0.15) is 0 Å². The van der Waals surface area contributed by atoms with Crippen molar-refractivity contribution in [3.05, 3.63) is 47.7 Å². The van der Waals surface area contributed by atoms with Gasteiger partial charge in [-0.3, -0.25) is 19.3 Å². The first-order chi connectivity index (χ1) is 13.5. The summed E-state index contributed by atoms with van der Waals surface area (Å²) < 4.78 is 4.92. The van der Waals surface area contributed by atoms with E-state index in [-0.39, 0.29) is 47.8 Å². The van der Waals surface area contributed by atoms with Gasteiger partial charge < -0.3 is 9.84 Å². The second-order valence-electron chi connectivity index (χ2n) is 8.10. The minimum atomic E-state index is -0.443. The number of hydrogen-bond donors (Lipinski definition) is 1. The Morgan fingerprint density at radius 1 is 1.18 bits per heavy atom. The van der Waals surface area contributed by atoms with Crippen molar-refractivity contribution < 1.29 is 18.9 Å². The van der Waals surface area contributed by atoms with Gasteiger partial charge in [0.25, 0.3) is 0 Å². The molecule has 7 heteroatoms. The highest BCUT2D eigenvalue weighted by atomic mass is 16.5. The van der Waals surface area contributed by atoms with E-state index in [9.17, 15) is 14.4 Å². The molecule has 5 atom stereocenters. The van der Waals surface area contributed by atoms with Crippen LogP contribution in [-0.4, -0.2) is 34.3 Å². The minimum absolute atomic E-state index is 0.181. The van der Waals surface area contributed by atoms with Gasteiger partial charge in [-0.25, -0.2) is 0 Å². The quantitative estimate of drug-likeness (QED) is 0.823. The Bertz CT molecular complexity index is 954. The summed E-state index contributed by atoms with van der Waals surface area (Å²) in [6.07, 6.45) is 1.86. The summed E-state index contributed by atoms with van der Waals surface area (Å²) in [6.45, 7) is 1.45. The van der Waals surface area contributed by atoms with Crippen LogP contribution in [0.2, 0.25) is 0 Å². The zero-order valence-corrected chi connectivity index (χ0v) is 15.5. The Hall–Kier alpha value is -2.96. The predicted octanol–water partition coefficient (Wildman–Crippen LogP) is 2.35. The molecule has 2 bridgehead atoms. The van der Waals surface area contributed by atoms with Gasteiger partial charge in [0.15, 0.2) is 5.82 Å². The number of aryl methyl sites for hydroxylation is 1. The molecule has 0 unspecified atom stereocenters. The van der Waals surface area contributed by atoms with Crippen molar-refractivity contribution in [1.29, 1.82) is 0 Å². The zero-order chi connectivity index (χ0) is 19.4. The normalized spacial score (nSPS) is 30.8. The van der Waals surface area contributed by atoms with Crippen LogP contribution in [-0.2, 0) is 14.4 Å². The molecule has 2 aromatic rings. The van der Waals surface area contributed by atoms with E-state index in [4.69, 9.17) is 4.52 Å². The number of rotatable bonds is 4. The summed E-state index contributed by atoms with van der Waals surface area (Å²) in [4.78, 5) is 39.4. The van der Waals surface area contributed by atoms with Crippen molar-refractivity contribution in [2.75, 3.05) is 11.9 Å². The van der Waals surface area contributed by atoms with Crippen molar-refractivity contribution >= 4 is 23.5 Å². The third-order valence-electron chi connectivity index (χ3n) is 6.53. The van der Waals surface area contributed by atoms with E-state index >= 15 is 0 Å². The first kappa shape index (κ1) is 17.2. The van der Waals surface area contributed by atoms with Crippen molar-refractivity contribution in [1.82, 2.24) is 10.1 Å². The molecule has 1 saturated heterocycles. The molecule has 0 spiro atoms. The van der Waals surface area contributed by atoms with Gasteiger partial charge in [-0.15, -0.1) is 0 Å². The molecule has 7 nitrogen and oxygen atoms in total. The van der Waals surface area contributed by atoms with Gasteiger partial charge in [0.2, 0.25) is 17.7 Å². The van der Waals surface area contributed by atoms with E-state index in [1.54, 1.807) is 13.0 Å². The van der Waals surface area contributed by atoms with Gasteiger partial charge in [0.05, 0.1) is 11.8 Å². The van der Waals surface area contributed by atoms with E-state index in [1.165, 1.54) is 5.56 Å². The van der Waals surface area contributed by atoms with Crippen LogP contribution in [0.4, 0.5) is 5.82 Å². The lowest BCUT2D eigenvalue weighted by atomic mass is 9.73. The molecular weight excluding hydrogens is 358 g/mol. The van der Waals surface area contributed by atoms with Crippen molar-refractivity contribution in [2.45, 2.75) is 25.7 Å². The van der Waals surface area contributed by atoms with Crippen LogP contribution in [0.25, 0.3) is 0 Å². The van der Waals surface area contributed by atoms with Crippen molar-refractivity contribution in [3.8, 4) is 0 Å². The number of fused-ring (bicyclic) bond motifs is 5. The smallest absolute Gasteiger partial charge is 0.245 e. The van der Waals surface area contributed by atoms with Gasteiger partial charge in [-0.1, -0.05) is 35.5 Å². The lowest BCUT2D eigenvalue weighted by Crippen LogP contribution is -2.39. The first-order valence-corrected chi connectivity index (χ1v) is 9.66. The van der Waals surface area contributed by atoms with Crippen molar-refractivity contribution in [2.24, 2.45) is 23.7 Å². The van der Waals surface area contributed by atoms with Crippen LogP contribution in [0.1, 0.15) is 30.1 Å². The molecule has 3 amide bonds. The van der Waals surface area contributed by atoms with E-state index in [0.29, 0.717) is 11.7 Å². The highest BCUT2D eigenvalue weighted by Crippen LogP contribution is 2.61. The minimum Gasteiger partial charge on any atom is -0.360 e. The molecule has 5 rings (SSSR count). The number of hydrogen-bond acceptors (Lipinski definition) is 5. The topological polar surface area (TPSA) is 92.5 Å². The first-order valence-electron chi connectivity index (χ1n) is 9.66. The van der Waals surface area contributed by atoms with E-state index in [2.05, 4.69) is 22.6 Å². The summed E-state index contributed by atoms with van der Waals surface area (Å²) >= 11 is 0. The molecule has 2 saturated carbocycles. The van der Waals surface area contributed by atoms with E-state index in [0.717, 1.165) is 17.7 Å². The largest absolute Gasteiger partial charge is 0.360 e. The molecular formula is C21H21N3O4. The zero-order valence-electron chi connectivity index (χ0n) is 15.5. The number of nitrogens with one attached hydrogen (secondary N) is 1. The Morgan fingerprint density at radius 2 is 1.93 bits per heavy atom. The summed E-state index contributed by atoms with van der Waals surface area (Å²) in [5.74, 6) is 0.182. The maximum atomic E-state index is 13.0. The lowest BCUT2D eigenvalue weighted by Gasteiger charge is -2.28. The van der Waals surface area contributed by atoms with Crippen LogP contribution in [0.15, 0.2) is 40.9 Å². The fourth-order valence-corrected chi connectivity index (χ4v) is 5.51. The number of imide groups is 1. The van der Waals surface area contributed by atoms with Gasteiger partial charge in [0, 0.05) is 6.07 Å². The van der Waals surface area contributed by atoms with Crippen LogP contribution in [0.3, 0.4) is 0 Å². The van der Waals surface area contributed by atoms with Gasteiger partial charge in [0.1, 0.15) is 12.3 Å². The molecule has 1 aliphatic heterocycles. The van der Waals surface area contributed by atoms with Crippen LogP contribution in [0, 0.1) is 30.6 Å². The fraction of sp³-hybridized carbons (Fsp3) is 0.429. The third-order valence-corrected chi connectivity index (χ3v) is 6.53. The number of anilines is 1. The van der Waals surface area contributed by atoms with Crippen molar-refractivity contribution in [3.63, 3.8) is 0 Å². The Labute approximate surface area is 162 Å². The van der Waals surface area contributed by atoms with Gasteiger partial charge in [-0.05, 0) is 43.1 Å². The Kier molecular flexibility index (Phi) is 3.86. The highest BCUT2D eigenvalue weighted by Gasteiger charge is 2.63. The molecule has 144 valence electrons. The van der Waals surface area contributed by atoms with Crippen LogP contribution in [0.5, 0.6) is 0 Å². The third kappa shape index (κ3) is 2.57. The average Bonchev–Trinajstić information content (AvgIpc) is 3.43. The number of nitrogens with zero attached hydrogens (tertiary/aromatic N) is 2. The number of aromatic nitrogens is 1. The SMILES string of the molecule is Cc1cc(NC(=O)CN2C(=O)[C@@H]3[C@@H]4C[C@@H]([C@@H]3C2=O)[C@H](c2ccccc2)C4)no1. The number of carbonyl (C=O) groups is 3. The van der Waals surface area contributed by atoms with Crippen LogP contribution < -0.4 is 5.32 Å². The summed E-state index contributed by atoms with van der Waals surface area (Å²) in [5.41, 5.74) is 1.24. The molecule has 0 radical (unpaired) electrons. The van der Waals surface area contributed by atoms with Gasteiger partial charge >= 0.3 is 0 Å². The summed E-state index contributed by atoms with van der Waals surface area (Å²) in [5, 5.41) is 6.29. The fourth-order valence-electron chi connectivity index (χ4n) is 5.51. The predicted molar refractivity (Wildman–Crippen MR) is 99.0 cm³/mol. The molecule has 3 aliphatic rings. The Balaban J connectivity index is 1.32. The van der Waals surface area contributed by atoms with E-state index in [1.807, 2.05) is 18.2 Å². The number of carbonyl (C=O) groups excluding carboxylic acids is 3. The second kappa shape index (κ2) is 6.29. The second-order valence-corrected chi connectivity index (χ2v) is 8.10. The summed E-state index contributed by atoms with van der Waals surface area (Å²) in [7, 11) is 0. The molecule has 1 N–H and O–H groups in total. The maximum Gasteiger partial charge on any atom is 0.245 e. The monoisotopic (exact) mass is 379 g/mol. The molecule has 2 heterocycles. The van der Waals surface area contributed by atoms with E-state index < -0.39 is 5.91 Å².